The Morgan fingerprint density at radius 1 is 0.267 bits per heavy atom. The van der Waals surface area contributed by atoms with Gasteiger partial charge < -0.3 is 13.9 Å². The molecule has 0 saturated carbocycles. The summed E-state index contributed by atoms with van der Waals surface area (Å²) in [5.41, 5.74) is 22.3. The highest BCUT2D eigenvalue weighted by Gasteiger charge is 2.21. The van der Waals surface area contributed by atoms with Crippen LogP contribution in [0.2, 0.25) is 0 Å². The summed E-state index contributed by atoms with van der Waals surface area (Å²) in [6.07, 6.45) is 0. The van der Waals surface area contributed by atoms with Gasteiger partial charge in [0.1, 0.15) is 11.2 Å². The van der Waals surface area contributed by atoms with Crippen molar-refractivity contribution < 1.29 is 4.42 Å². The van der Waals surface area contributed by atoms with E-state index in [1.807, 2.05) is 12.1 Å². The van der Waals surface area contributed by atoms with Gasteiger partial charge >= 0.3 is 0 Å². The van der Waals surface area contributed by atoms with Gasteiger partial charge in [-0.15, -0.1) is 0 Å². The number of fused-ring (bicyclic) bond motifs is 6. The first-order valence-electron chi connectivity index (χ1n) is 25.6. The molecule has 0 radical (unpaired) electrons. The van der Waals surface area contributed by atoms with Crippen molar-refractivity contribution in [2.45, 2.75) is 0 Å². The first kappa shape index (κ1) is 43.8. The zero-order chi connectivity index (χ0) is 49.7. The van der Waals surface area contributed by atoms with Crippen molar-refractivity contribution in [3.8, 4) is 72.4 Å². The minimum absolute atomic E-state index is 0.901. The molecule has 0 saturated heterocycles. The zero-order valence-corrected chi connectivity index (χ0v) is 41.0. The van der Waals surface area contributed by atoms with E-state index in [2.05, 4.69) is 289 Å². The van der Waals surface area contributed by atoms with Crippen LogP contribution in [0.25, 0.3) is 116 Å². The molecule has 12 aromatic carbocycles. The van der Waals surface area contributed by atoms with Crippen LogP contribution in [0.1, 0.15) is 0 Å². The third-order valence-electron chi connectivity index (χ3n) is 14.8. The lowest BCUT2D eigenvalue weighted by atomic mass is 9.96. The van der Waals surface area contributed by atoms with E-state index in [1.54, 1.807) is 0 Å². The standard InChI is InChI=1S/C72H48N2O/c1-3-18-49(19-4-1)53-22-15-24-56(46-53)60-26-7-11-32-67(60)73(58-41-36-51(37-42-58)54-23-16-25-57(47-54)62-30-17-31-66-65-29-10-14-35-71(65)75-72(62)66)59-43-38-52(39-44-59)61-45-40-55(50-20-5-2-6-21-50)48-70(61)74-68-33-12-8-27-63(68)64-28-9-13-34-69(64)74/h1-48H. The Hall–Kier alpha value is -9.96. The summed E-state index contributed by atoms with van der Waals surface area (Å²) < 4.78 is 8.93. The minimum Gasteiger partial charge on any atom is -0.455 e. The number of aromatic nitrogens is 1. The summed E-state index contributed by atoms with van der Waals surface area (Å²) in [5.74, 6) is 0. The summed E-state index contributed by atoms with van der Waals surface area (Å²) in [5, 5.41) is 4.74. The molecule has 0 atom stereocenters. The highest BCUT2D eigenvalue weighted by Crippen LogP contribution is 2.45. The lowest BCUT2D eigenvalue weighted by Crippen LogP contribution is -2.11. The molecule has 3 nitrogen and oxygen atoms in total. The third-order valence-corrected chi connectivity index (χ3v) is 14.8. The molecule has 2 heterocycles. The monoisotopic (exact) mass is 956 g/mol. The Morgan fingerprint density at radius 2 is 0.707 bits per heavy atom. The second-order valence-corrected chi connectivity index (χ2v) is 19.2. The molecule has 2 aromatic heterocycles. The van der Waals surface area contributed by atoms with E-state index in [9.17, 15) is 0 Å². The van der Waals surface area contributed by atoms with Crippen LogP contribution in [0.5, 0.6) is 0 Å². The van der Waals surface area contributed by atoms with Gasteiger partial charge in [-0.1, -0.05) is 224 Å². The van der Waals surface area contributed by atoms with Crippen molar-refractivity contribution >= 4 is 60.8 Å². The molecule has 0 amide bonds. The molecule has 352 valence electrons. The SMILES string of the molecule is c1ccc(-c2cccc(-c3ccccc3N(c3ccc(-c4cccc(-c5cccc6c5oc5ccccc56)c4)cc3)c3ccc(-c4ccc(-c5ccccc5)cc4-n4c5ccccc5c5ccccc54)cc3)c2)cc1. The van der Waals surface area contributed by atoms with E-state index in [-0.39, 0.29) is 0 Å². The highest BCUT2D eigenvalue weighted by atomic mass is 16.3. The van der Waals surface area contributed by atoms with E-state index in [0.717, 1.165) is 89.2 Å². The summed E-state index contributed by atoms with van der Waals surface area (Å²) in [4.78, 5) is 2.41. The average molecular weight is 957 g/mol. The van der Waals surface area contributed by atoms with Crippen molar-refractivity contribution in [3.05, 3.63) is 291 Å². The molecule has 0 bridgehead atoms. The van der Waals surface area contributed by atoms with E-state index >= 15 is 0 Å². The lowest BCUT2D eigenvalue weighted by molar-refractivity contribution is 0.670. The van der Waals surface area contributed by atoms with E-state index in [0.29, 0.717) is 0 Å². The van der Waals surface area contributed by atoms with Gasteiger partial charge in [0.2, 0.25) is 0 Å². The smallest absolute Gasteiger partial charge is 0.143 e. The number of anilines is 3. The van der Waals surface area contributed by atoms with Crippen LogP contribution in [-0.2, 0) is 0 Å². The number of rotatable bonds is 10. The van der Waals surface area contributed by atoms with Gasteiger partial charge in [0.05, 0.1) is 22.4 Å². The summed E-state index contributed by atoms with van der Waals surface area (Å²) >= 11 is 0. The Morgan fingerprint density at radius 3 is 1.36 bits per heavy atom. The first-order valence-corrected chi connectivity index (χ1v) is 25.6. The van der Waals surface area contributed by atoms with E-state index in [4.69, 9.17) is 4.42 Å². The van der Waals surface area contributed by atoms with Crippen LogP contribution in [0.3, 0.4) is 0 Å². The van der Waals surface area contributed by atoms with Crippen molar-refractivity contribution in [1.29, 1.82) is 0 Å². The molecule has 0 aliphatic rings. The van der Waals surface area contributed by atoms with Crippen LogP contribution in [-0.4, -0.2) is 4.57 Å². The third kappa shape index (κ3) is 7.86. The first-order chi connectivity index (χ1) is 37.2. The summed E-state index contributed by atoms with van der Waals surface area (Å²) in [7, 11) is 0. The Balaban J connectivity index is 0.893. The maximum Gasteiger partial charge on any atom is 0.143 e. The van der Waals surface area contributed by atoms with Gasteiger partial charge in [-0.25, -0.2) is 0 Å². The number of hydrogen-bond donors (Lipinski definition) is 0. The van der Waals surface area contributed by atoms with Crippen LogP contribution >= 0.6 is 0 Å². The van der Waals surface area contributed by atoms with Crippen molar-refractivity contribution in [2.24, 2.45) is 0 Å². The fraction of sp³-hybridized carbons (Fsp3) is 0. The molecule has 0 aliphatic carbocycles. The van der Waals surface area contributed by atoms with Crippen LogP contribution < -0.4 is 4.90 Å². The molecule has 0 spiro atoms. The van der Waals surface area contributed by atoms with Crippen molar-refractivity contribution in [3.63, 3.8) is 0 Å². The number of benzene rings is 12. The summed E-state index contributed by atoms with van der Waals surface area (Å²) in [6, 6.07) is 105. The van der Waals surface area contributed by atoms with Gasteiger partial charge in [-0.2, -0.15) is 0 Å². The molecular formula is C72H48N2O. The molecule has 14 rings (SSSR count). The normalized spacial score (nSPS) is 11.5. The maximum atomic E-state index is 6.48. The second-order valence-electron chi connectivity index (χ2n) is 19.2. The van der Waals surface area contributed by atoms with Crippen LogP contribution in [0.15, 0.2) is 296 Å². The predicted molar refractivity (Wildman–Crippen MR) is 315 cm³/mol. The van der Waals surface area contributed by atoms with E-state index < -0.39 is 0 Å². The van der Waals surface area contributed by atoms with Crippen LogP contribution in [0.4, 0.5) is 17.1 Å². The number of nitrogens with zero attached hydrogens (tertiary/aromatic N) is 2. The maximum absolute atomic E-state index is 6.48. The Bertz CT molecular complexity index is 4340. The fourth-order valence-corrected chi connectivity index (χ4v) is 11.2. The highest BCUT2D eigenvalue weighted by molar-refractivity contribution is 6.11. The molecule has 75 heavy (non-hydrogen) atoms. The molecule has 0 aliphatic heterocycles. The second kappa shape index (κ2) is 18.6. The minimum atomic E-state index is 0.901. The van der Waals surface area contributed by atoms with Gasteiger partial charge in [-0.3, -0.25) is 0 Å². The number of furan rings is 1. The number of hydrogen-bond acceptors (Lipinski definition) is 2. The molecule has 0 fully saturated rings. The number of para-hydroxylation sites is 5. The molecule has 0 unspecified atom stereocenters. The summed E-state index contributed by atoms with van der Waals surface area (Å²) in [6.45, 7) is 0. The average Bonchev–Trinajstić information content (AvgIpc) is 4.06. The van der Waals surface area contributed by atoms with Crippen molar-refractivity contribution in [1.82, 2.24) is 4.57 Å². The van der Waals surface area contributed by atoms with Crippen LogP contribution in [0, 0.1) is 0 Å². The van der Waals surface area contributed by atoms with Gasteiger partial charge in [0.15, 0.2) is 0 Å². The lowest BCUT2D eigenvalue weighted by Gasteiger charge is -2.28. The Kier molecular flexibility index (Phi) is 10.8. The quantitative estimate of drug-likeness (QED) is 0.136. The molecule has 0 N–H and O–H groups in total. The molecule has 14 aromatic rings. The molecular weight excluding hydrogens is 909 g/mol. The largest absolute Gasteiger partial charge is 0.455 e. The Labute approximate surface area is 436 Å². The van der Waals surface area contributed by atoms with Gasteiger partial charge in [0.25, 0.3) is 0 Å². The van der Waals surface area contributed by atoms with Gasteiger partial charge in [-0.05, 0) is 117 Å². The zero-order valence-electron chi connectivity index (χ0n) is 41.0. The fourth-order valence-electron chi connectivity index (χ4n) is 11.2. The molecule has 3 heteroatoms. The van der Waals surface area contributed by atoms with E-state index in [1.165, 1.54) is 44.1 Å². The topological polar surface area (TPSA) is 21.3 Å². The van der Waals surface area contributed by atoms with Crippen molar-refractivity contribution in [2.75, 3.05) is 4.90 Å². The van der Waals surface area contributed by atoms with Gasteiger partial charge in [0, 0.05) is 49.6 Å². The predicted octanol–water partition coefficient (Wildman–Crippen LogP) is 20.2.